The maximum atomic E-state index is 5.77. The second-order valence-electron chi connectivity index (χ2n) is 8.81. The molecule has 6 rings (SSSR count). The summed E-state index contributed by atoms with van der Waals surface area (Å²) in [6.45, 7) is 4.09. The van der Waals surface area contributed by atoms with Gasteiger partial charge in [0.05, 0.1) is 23.9 Å². The minimum absolute atomic E-state index is 0.127. The van der Waals surface area contributed by atoms with E-state index in [0.29, 0.717) is 6.54 Å². The van der Waals surface area contributed by atoms with Crippen molar-refractivity contribution >= 4 is 26.7 Å². The molecule has 1 aliphatic rings. The van der Waals surface area contributed by atoms with Crippen LogP contribution in [0.2, 0.25) is 0 Å². The lowest BCUT2D eigenvalue weighted by molar-refractivity contribution is 0.198. The number of ether oxygens (including phenoxy) is 1. The van der Waals surface area contributed by atoms with Gasteiger partial charge in [-0.3, -0.25) is 4.90 Å². The van der Waals surface area contributed by atoms with Crippen LogP contribution in [-0.2, 0) is 6.54 Å². The lowest BCUT2D eigenvalue weighted by Crippen LogP contribution is -2.48. The molecule has 1 saturated heterocycles. The first-order valence-electron chi connectivity index (χ1n) is 12.1. The van der Waals surface area contributed by atoms with Crippen molar-refractivity contribution in [3.8, 4) is 5.75 Å². The van der Waals surface area contributed by atoms with Gasteiger partial charge in [0.1, 0.15) is 11.8 Å². The molecule has 0 spiro atoms. The molecule has 8 nitrogen and oxygen atoms in total. The second kappa shape index (κ2) is 10.0. The number of methoxy groups -OCH3 is 1. The second-order valence-corrected chi connectivity index (χ2v) is 9.82. The molecule has 36 heavy (non-hydrogen) atoms. The molecule has 0 aliphatic carbocycles. The lowest BCUT2D eigenvalue weighted by Gasteiger charge is -2.39. The molecule has 9 heteroatoms. The average Bonchev–Trinajstić information content (AvgIpc) is 3.57. The van der Waals surface area contributed by atoms with Gasteiger partial charge in [-0.1, -0.05) is 72.0 Å². The zero-order valence-corrected chi connectivity index (χ0v) is 20.9. The summed E-state index contributed by atoms with van der Waals surface area (Å²) in [4.78, 5) is 9.71. The molecule has 0 amide bonds. The Bertz CT molecular complexity index is 1410. The number of benzene rings is 3. The Balaban J connectivity index is 1.30. The van der Waals surface area contributed by atoms with Gasteiger partial charge in [-0.25, -0.2) is 9.67 Å². The summed E-state index contributed by atoms with van der Waals surface area (Å²) >= 11 is 1.76. The summed E-state index contributed by atoms with van der Waals surface area (Å²) in [5.74, 6) is 1.65. The van der Waals surface area contributed by atoms with Crippen molar-refractivity contribution in [1.29, 1.82) is 0 Å². The van der Waals surface area contributed by atoms with Gasteiger partial charge in [0.25, 0.3) is 0 Å². The summed E-state index contributed by atoms with van der Waals surface area (Å²) in [6, 6.07) is 26.7. The number of anilines is 1. The molecule has 5 aromatic rings. The Morgan fingerprint density at radius 3 is 2.44 bits per heavy atom. The van der Waals surface area contributed by atoms with Crippen LogP contribution in [0.1, 0.15) is 23.0 Å². The van der Waals surface area contributed by atoms with Gasteiger partial charge in [-0.15, -0.1) is 5.10 Å². The van der Waals surface area contributed by atoms with E-state index >= 15 is 0 Å². The third kappa shape index (κ3) is 4.43. The predicted molar refractivity (Wildman–Crippen MR) is 142 cm³/mol. The van der Waals surface area contributed by atoms with E-state index in [4.69, 9.17) is 9.72 Å². The minimum atomic E-state index is -0.127. The zero-order valence-electron chi connectivity index (χ0n) is 20.1. The molecule has 182 valence electrons. The van der Waals surface area contributed by atoms with Crippen LogP contribution in [0.5, 0.6) is 5.75 Å². The number of fused-ring (bicyclic) bond motifs is 1. The van der Waals surface area contributed by atoms with Crippen molar-refractivity contribution in [2.45, 2.75) is 12.6 Å². The van der Waals surface area contributed by atoms with E-state index in [9.17, 15) is 0 Å². The van der Waals surface area contributed by atoms with E-state index in [-0.39, 0.29) is 6.04 Å². The summed E-state index contributed by atoms with van der Waals surface area (Å²) in [7, 11) is 1.72. The van der Waals surface area contributed by atoms with E-state index in [2.05, 4.69) is 61.7 Å². The number of para-hydroxylation sites is 2. The average molecular weight is 498 g/mol. The Kier molecular flexibility index (Phi) is 6.31. The predicted octanol–water partition coefficient (Wildman–Crippen LogP) is 4.25. The SMILES string of the molecule is COc1ccccc1[C@H](c1nnnn1Cc1ccccc1)N1CCN(c2nc3ccccc3s2)CC1. The number of piperazine rings is 1. The first-order chi connectivity index (χ1) is 17.8. The summed E-state index contributed by atoms with van der Waals surface area (Å²) in [6.07, 6.45) is 0. The molecule has 0 saturated carbocycles. The van der Waals surface area contributed by atoms with Gasteiger partial charge in [-0.05, 0) is 34.2 Å². The summed E-state index contributed by atoms with van der Waals surface area (Å²) < 4.78 is 8.91. The number of hydrogen-bond donors (Lipinski definition) is 0. The third-order valence-corrected chi connectivity index (χ3v) is 7.74. The van der Waals surface area contributed by atoms with Crippen LogP contribution in [0.25, 0.3) is 10.2 Å². The van der Waals surface area contributed by atoms with Gasteiger partial charge >= 0.3 is 0 Å². The molecule has 1 aliphatic heterocycles. The van der Waals surface area contributed by atoms with E-state index in [1.807, 2.05) is 47.1 Å². The zero-order chi connectivity index (χ0) is 24.3. The minimum Gasteiger partial charge on any atom is -0.496 e. The van der Waals surface area contributed by atoms with E-state index < -0.39 is 0 Å². The molecule has 2 aromatic heterocycles. The van der Waals surface area contributed by atoms with Crippen LogP contribution >= 0.6 is 11.3 Å². The molecule has 3 aromatic carbocycles. The smallest absolute Gasteiger partial charge is 0.186 e. The maximum Gasteiger partial charge on any atom is 0.186 e. The lowest BCUT2D eigenvalue weighted by atomic mass is 10.0. The van der Waals surface area contributed by atoms with Gasteiger partial charge in [0.15, 0.2) is 11.0 Å². The van der Waals surface area contributed by atoms with Crippen molar-refractivity contribution in [2.75, 3.05) is 38.2 Å². The molecule has 1 atom stereocenters. The van der Waals surface area contributed by atoms with Gasteiger partial charge < -0.3 is 9.64 Å². The number of tetrazole rings is 1. The fourth-order valence-corrected chi connectivity index (χ4v) is 5.85. The number of rotatable bonds is 7. The Morgan fingerprint density at radius 1 is 0.889 bits per heavy atom. The molecular formula is C27H27N7OS. The Hall–Kier alpha value is -3.82. The van der Waals surface area contributed by atoms with Crippen LogP contribution in [0.4, 0.5) is 5.13 Å². The van der Waals surface area contributed by atoms with Crippen LogP contribution in [0, 0.1) is 0 Å². The van der Waals surface area contributed by atoms with Crippen LogP contribution in [0.15, 0.2) is 78.9 Å². The highest BCUT2D eigenvalue weighted by Gasteiger charge is 2.33. The van der Waals surface area contributed by atoms with Gasteiger partial charge in [0.2, 0.25) is 0 Å². The van der Waals surface area contributed by atoms with Crippen molar-refractivity contribution < 1.29 is 4.74 Å². The number of nitrogens with zero attached hydrogens (tertiary/aromatic N) is 7. The molecule has 0 radical (unpaired) electrons. The molecule has 3 heterocycles. The van der Waals surface area contributed by atoms with E-state index in [1.54, 1.807) is 18.4 Å². The van der Waals surface area contributed by atoms with E-state index in [0.717, 1.165) is 59.5 Å². The monoisotopic (exact) mass is 497 g/mol. The van der Waals surface area contributed by atoms with Crippen molar-refractivity contribution in [2.24, 2.45) is 0 Å². The molecule has 0 bridgehead atoms. The molecule has 0 unspecified atom stereocenters. The third-order valence-electron chi connectivity index (χ3n) is 6.65. The van der Waals surface area contributed by atoms with Crippen molar-refractivity contribution in [3.05, 3.63) is 95.8 Å². The summed E-state index contributed by atoms with van der Waals surface area (Å²) in [5, 5.41) is 14.1. The first-order valence-corrected chi connectivity index (χ1v) is 12.9. The number of aromatic nitrogens is 5. The highest BCUT2D eigenvalue weighted by molar-refractivity contribution is 7.22. The summed E-state index contributed by atoms with van der Waals surface area (Å²) in [5.41, 5.74) is 3.29. The molecular weight excluding hydrogens is 470 g/mol. The normalized spacial score (nSPS) is 15.3. The number of thiazole rings is 1. The van der Waals surface area contributed by atoms with Gasteiger partial charge in [0, 0.05) is 31.7 Å². The largest absolute Gasteiger partial charge is 0.496 e. The fraction of sp³-hybridized carbons (Fsp3) is 0.259. The molecule has 1 fully saturated rings. The van der Waals surface area contributed by atoms with Crippen LogP contribution in [0.3, 0.4) is 0 Å². The van der Waals surface area contributed by atoms with Crippen molar-refractivity contribution in [1.82, 2.24) is 30.1 Å². The Labute approximate surface area is 213 Å². The van der Waals surface area contributed by atoms with Crippen LogP contribution < -0.4 is 9.64 Å². The highest BCUT2D eigenvalue weighted by atomic mass is 32.1. The fourth-order valence-electron chi connectivity index (χ4n) is 4.83. The van der Waals surface area contributed by atoms with Crippen molar-refractivity contribution in [3.63, 3.8) is 0 Å². The number of hydrogen-bond acceptors (Lipinski definition) is 8. The molecule has 0 N–H and O–H groups in total. The topological polar surface area (TPSA) is 72.2 Å². The van der Waals surface area contributed by atoms with Gasteiger partial charge in [-0.2, -0.15) is 0 Å². The Morgan fingerprint density at radius 2 is 1.64 bits per heavy atom. The first kappa shape index (κ1) is 22.6. The van der Waals surface area contributed by atoms with Crippen LogP contribution in [-0.4, -0.2) is 63.4 Å². The van der Waals surface area contributed by atoms with E-state index in [1.165, 1.54) is 4.70 Å². The quantitative estimate of drug-likeness (QED) is 0.333. The standard InChI is InChI=1S/C27H27N7OS/c1-35-23-13-7-5-11-21(23)25(26-29-30-31-34(26)19-20-9-3-2-4-10-20)32-15-17-33(18-16-32)27-28-22-12-6-8-14-24(22)36-27/h2-14,25H,15-19H2,1H3/t25-/m1/s1. The highest BCUT2D eigenvalue weighted by Crippen LogP contribution is 2.35. The maximum absolute atomic E-state index is 5.77.